The van der Waals surface area contributed by atoms with Gasteiger partial charge in [-0.05, 0) is 42.5 Å². The SMILES string of the molecule is CC[C@H](C(=O)NCC(=O)N(C)[C@H](/C=C(\C)C(=O)O)C(C)C)C(C)(C)c1ccc(OCc2ccccc2)cc1. The monoisotopic (exact) mass is 522 g/mol. The van der Waals surface area contributed by atoms with E-state index in [9.17, 15) is 19.5 Å². The zero-order chi connectivity index (χ0) is 28.5. The van der Waals surface area contributed by atoms with Crippen LogP contribution in [0.5, 0.6) is 5.75 Å². The number of benzene rings is 2. The molecule has 7 nitrogen and oxygen atoms in total. The van der Waals surface area contributed by atoms with E-state index in [1.165, 1.54) is 11.8 Å². The number of carboxylic acids is 1. The minimum atomic E-state index is -1.02. The molecule has 0 aromatic heterocycles. The lowest BCUT2D eigenvalue weighted by Crippen LogP contribution is -2.48. The summed E-state index contributed by atoms with van der Waals surface area (Å²) in [6.45, 7) is 11.7. The highest BCUT2D eigenvalue weighted by Gasteiger charge is 2.35. The molecule has 2 aromatic rings. The molecule has 7 heteroatoms. The fourth-order valence-electron chi connectivity index (χ4n) is 4.60. The molecular weight excluding hydrogens is 480 g/mol. The predicted molar refractivity (Wildman–Crippen MR) is 150 cm³/mol. The van der Waals surface area contributed by atoms with Gasteiger partial charge in [0.2, 0.25) is 11.8 Å². The molecule has 2 rings (SSSR count). The summed E-state index contributed by atoms with van der Waals surface area (Å²) in [5.74, 6) is -1.08. The average molecular weight is 523 g/mol. The van der Waals surface area contributed by atoms with Gasteiger partial charge in [-0.3, -0.25) is 9.59 Å². The van der Waals surface area contributed by atoms with E-state index in [2.05, 4.69) is 5.32 Å². The van der Waals surface area contributed by atoms with Crippen LogP contribution in [0.1, 0.15) is 59.1 Å². The van der Waals surface area contributed by atoms with E-state index in [0.717, 1.165) is 16.9 Å². The number of rotatable bonds is 13. The molecule has 0 radical (unpaired) electrons. The Morgan fingerprint density at radius 1 is 1.05 bits per heavy atom. The first-order valence-corrected chi connectivity index (χ1v) is 13.1. The number of nitrogens with one attached hydrogen (secondary N) is 1. The standard InChI is InChI=1S/C31H42N2O5/c1-8-26(29(35)32-19-28(34)33(7)27(21(2)3)18-22(4)30(36)37)31(5,6)24-14-16-25(17-15-24)38-20-23-12-10-9-11-13-23/h9-18,21,26-27H,8,19-20H2,1-7H3,(H,32,35)(H,36,37)/b22-18+/t26-,27-/m1/s1. The highest BCUT2D eigenvalue weighted by atomic mass is 16.5. The first kappa shape index (κ1) is 30.6. The van der Waals surface area contributed by atoms with Crippen LogP contribution in [0.25, 0.3) is 0 Å². The van der Waals surface area contributed by atoms with Crippen LogP contribution in [0.15, 0.2) is 66.2 Å². The molecule has 0 saturated heterocycles. The fraction of sp³-hybridized carbons (Fsp3) is 0.452. The van der Waals surface area contributed by atoms with E-state index in [1.54, 1.807) is 13.1 Å². The smallest absolute Gasteiger partial charge is 0.331 e. The number of aliphatic carboxylic acids is 1. The number of likely N-dealkylation sites (N-methyl/N-ethyl adjacent to an activating group) is 1. The maximum absolute atomic E-state index is 13.2. The zero-order valence-electron chi connectivity index (χ0n) is 23.7. The van der Waals surface area contributed by atoms with E-state index in [0.29, 0.717) is 13.0 Å². The number of carbonyl (C=O) groups excluding carboxylic acids is 2. The first-order valence-electron chi connectivity index (χ1n) is 13.1. The van der Waals surface area contributed by atoms with Crippen molar-refractivity contribution >= 4 is 17.8 Å². The highest BCUT2D eigenvalue weighted by Crippen LogP contribution is 2.35. The minimum absolute atomic E-state index is 0.0101. The lowest BCUT2D eigenvalue weighted by molar-refractivity contribution is -0.135. The molecule has 0 heterocycles. The molecule has 2 aromatic carbocycles. The van der Waals surface area contributed by atoms with Gasteiger partial charge in [0.1, 0.15) is 12.4 Å². The van der Waals surface area contributed by atoms with Gasteiger partial charge in [0.15, 0.2) is 0 Å². The molecule has 0 fully saturated rings. The minimum Gasteiger partial charge on any atom is -0.489 e. The van der Waals surface area contributed by atoms with Crippen molar-refractivity contribution in [3.8, 4) is 5.75 Å². The van der Waals surface area contributed by atoms with Crippen LogP contribution >= 0.6 is 0 Å². The van der Waals surface area contributed by atoms with Crippen LogP contribution in [-0.2, 0) is 26.4 Å². The molecule has 0 saturated carbocycles. The molecule has 0 unspecified atom stereocenters. The summed E-state index contributed by atoms with van der Waals surface area (Å²) in [7, 11) is 1.63. The van der Waals surface area contributed by atoms with Gasteiger partial charge in [-0.2, -0.15) is 0 Å². The maximum atomic E-state index is 13.2. The molecule has 0 aliphatic heterocycles. The van der Waals surface area contributed by atoms with Gasteiger partial charge in [0, 0.05) is 24.0 Å². The number of amides is 2. The van der Waals surface area contributed by atoms with Crippen LogP contribution < -0.4 is 10.1 Å². The molecule has 0 aliphatic carbocycles. The van der Waals surface area contributed by atoms with Crippen molar-refractivity contribution in [3.05, 3.63) is 77.4 Å². The van der Waals surface area contributed by atoms with Crippen LogP contribution in [0.3, 0.4) is 0 Å². The molecular formula is C31H42N2O5. The Morgan fingerprint density at radius 2 is 1.66 bits per heavy atom. The lowest BCUT2D eigenvalue weighted by atomic mass is 9.71. The van der Waals surface area contributed by atoms with E-state index in [1.807, 2.05) is 89.2 Å². The summed E-state index contributed by atoms with van der Waals surface area (Å²) in [5.41, 5.74) is 1.79. The van der Waals surface area contributed by atoms with Gasteiger partial charge < -0.3 is 20.1 Å². The van der Waals surface area contributed by atoms with Gasteiger partial charge in [0.25, 0.3) is 0 Å². The van der Waals surface area contributed by atoms with Crippen LogP contribution in [-0.4, -0.2) is 47.4 Å². The number of hydrogen-bond acceptors (Lipinski definition) is 4. The second-order valence-electron chi connectivity index (χ2n) is 10.6. The van der Waals surface area contributed by atoms with Crippen molar-refractivity contribution in [1.82, 2.24) is 10.2 Å². The van der Waals surface area contributed by atoms with E-state index in [4.69, 9.17) is 4.74 Å². The summed E-state index contributed by atoms with van der Waals surface area (Å²) >= 11 is 0. The van der Waals surface area contributed by atoms with E-state index in [-0.39, 0.29) is 35.8 Å². The van der Waals surface area contributed by atoms with Gasteiger partial charge >= 0.3 is 5.97 Å². The van der Waals surface area contributed by atoms with Gasteiger partial charge in [-0.1, -0.05) is 83.2 Å². The summed E-state index contributed by atoms with van der Waals surface area (Å²) in [6.07, 6.45) is 2.18. The predicted octanol–water partition coefficient (Wildman–Crippen LogP) is 5.20. The Balaban J connectivity index is 2.04. The van der Waals surface area contributed by atoms with Crippen molar-refractivity contribution < 1.29 is 24.2 Å². The lowest BCUT2D eigenvalue weighted by Gasteiger charge is -2.34. The Labute approximate surface area is 226 Å². The molecule has 2 atom stereocenters. The Bertz CT molecular complexity index is 1110. The third kappa shape index (κ3) is 8.20. The Hall–Kier alpha value is -3.61. The fourth-order valence-corrected chi connectivity index (χ4v) is 4.60. The third-order valence-corrected chi connectivity index (χ3v) is 7.14. The third-order valence-electron chi connectivity index (χ3n) is 7.14. The summed E-state index contributed by atoms with van der Waals surface area (Å²) in [6, 6.07) is 17.4. The molecule has 38 heavy (non-hydrogen) atoms. The number of carbonyl (C=O) groups is 3. The number of carboxylic acid groups (broad SMARTS) is 1. The molecule has 0 spiro atoms. The van der Waals surface area contributed by atoms with Crippen LogP contribution in [0, 0.1) is 11.8 Å². The number of ether oxygens (including phenoxy) is 1. The van der Waals surface area contributed by atoms with Crippen LogP contribution in [0.4, 0.5) is 0 Å². The molecule has 206 valence electrons. The van der Waals surface area contributed by atoms with E-state index < -0.39 is 17.4 Å². The van der Waals surface area contributed by atoms with Crippen LogP contribution in [0.2, 0.25) is 0 Å². The zero-order valence-corrected chi connectivity index (χ0v) is 23.7. The van der Waals surface area contributed by atoms with Crippen molar-refractivity contribution in [3.63, 3.8) is 0 Å². The number of hydrogen-bond donors (Lipinski definition) is 2. The van der Waals surface area contributed by atoms with Gasteiger partial charge in [-0.25, -0.2) is 4.79 Å². The molecule has 2 N–H and O–H groups in total. The average Bonchev–Trinajstić information content (AvgIpc) is 2.89. The second kappa shape index (κ2) is 13.8. The van der Waals surface area contributed by atoms with Crippen molar-refractivity contribution in [1.29, 1.82) is 0 Å². The van der Waals surface area contributed by atoms with Gasteiger partial charge in [-0.15, -0.1) is 0 Å². The highest BCUT2D eigenvalue weighted by molar-refractivity contribution is 5.88. The van der Waals surface area contributed by atoms with Crippen molar-refractivity contribution in [2.24, 2.45) is 11.8 Å². The summed E-state index contributed by atoms with van der Waals surface area (Å²) in [4.78, 5) is 38.9. The van der Waals surface area contributed by atoms with E-state index >= 15 is 0 Å². The van der Waals surface area contributed by atoms with Gasteiger partial charge in [0.05, 0.1) is 12.6 Å². The maximum Gasteiger partial charge on any atom is 0.331 e. The molecule has 0 bridgehead atoms. The topological polar surface area (TPSA) is 95.9 Å². The molecule has 2 amide bonds. The summed E-state index contributed by atoms with van der Waals surface area (Å²) in [5, 5.41) is 12.0. The second-order valence-corrected chi connectivity index (χ2v) is 10.6. The quantitative estimate of drug-likeness (QED) is 0.353. The largest absolute Gasteiger partial charge is 0.489 e. The summed E-state index contributed by atoms with van der Waals surface area (Å²) < 4.78 is 5.90. The molecule has 0 aliphatic rings. The first-order chi connectivity index (χ1) is 17.9. The Kier molecular flexibility index (Phi) is 11.1. The van der Waals surface area contributed by atoms with Crippen molar-refractivity contribution in [2.45, 2.75) is 66.0 Å². The van der Waals surface area contributed by atoms with Crippen molar-refractivity contribution in [2.75, 3.05) is 13.6 Å². The Morgan fingerprint density at radius 3 is 2.18 bits per heavy atom. The number of nitrogens with zero attached hydrogens (tertiary/aromatic N) is 1. The normalized spacial score (nSPS) is 13.5.